The third-order valence-electron chi connectivity index (χ3n) is 44.1. The molecule has 30 fully saturated rings. The third-order valence-corrected chi connectivity index (χ3v) is 44.1. The fraction of sp³-hybridized carbons (Fsp3) is 1.00. The molecule has 0 radical (unpaired) electrons. The van der Waals surface area contributed by atoms with Crippen LogP contribution < -0.4 is 0 Å². The molecule has 0 aromatic carbocycles. The van der Waals surface area contributed by atoms with Crippen LogP contribution in [0.3, 0.4) is 0 Å². The Bertz CT molecular complexity index is 2580. The average molecular weight is 1270 g/mol. The molecule has 24 bridgehead atoms. The summed E-state index contributed by atoms with van der Waals surface area (Å²) in [6, 6.07) is 0. The zero-order valence-corrected chi connectivity index (χ0v) is 60.5. The predicted octanol–water partition coefficient (Wildman–Crippen LogP) is 24.4. The summed E-state index contributed by atoms with van der Waals surface area (Å²) in [5.74, 6) is 55.9. The van der Waals surface area contributed by atoms with E-state index in [1.165, 1.54) is 272 Å². The molecule has 0 N–H and O–H groups in total. The van der Waals surface area contributed by atoms with Gasteiger partial charge in [0.25, 0.3) is 0 Å². The molecule has 0 aromatic heterocycles. The van der Waals surface area contributed by atoms with Crippen molar-refractivity contribution in [3.8, 4) is 0 Å². The highest BCUT2D eigenvalue weighted by Gasteiger charge is 2.72. The van der Waals surface area contributed by atoms with E-state index in [4.69, 9.17) is 0 Å². The van der Waals surface area contributed by atoms with Gasteiger partial charge in [0.15, 0.2) is 0 Å². The summed E-state index contributed by atoms with van der Waals surface area (Å²) in [6.07, 6.45) is 77.4. The first-order valence-corrected chi connectivity index (χ1v) is 46.5. The minimum Gasteiger partial charge on any atom is -0.0530 e. The Hall–Kier alpha value is 0. The molecular formula is C94H142. The van der Waals surface area contributed by atoms with Crippen molar-refractivity contribution in [3.63, 3.8) is 0 Å². The molecule has 0 aliphatic heterocycles. The van der Waals surface area contributed by atoms with Crippen LogP contribution in [0.15, 0.2) is 0 Å². The summed E-state index contributed by atoms with van der Waals surface area (Å²) in [4.78, 5) is 0. The van der Waals surface area contributed by atoms with Crippen LogP contribution in [0.2, 0.25) is 0 Å². The minimum atomic E-state index is 1.17. The Morgan fingerprint density at radius 1 is 0.0851 bits per heavy atom. The largest absolute Gasteiger partial charge is 0.0530 e. The molecule has 0 aromatic rings. The van der Waals surface area contributed by atoms with Gasteiger partial charge in [-0.3, -0.25) is 0 Å². The quantitative estimate of drug-likeness (QED) is 0.212. The number of rotatable bonds is 0. The van der Waals surface area contributed by atoms with E-state index in [0.29, 0.717) is 0 Å². The SMILES string of the molecule is C1CC2C(C1)C1CC2C2C3CCC(C3)C12.C1CC2C3CCC(C3)C2C1.C1CC2CC1C1C3CC(C21)C1C2CCC(C2)C31.C1CC2CC1C1C3CC(C4CCC43)C21.C1CC2CC1C1C3CCC(C3)C21.C1CCC2C3CCC(C3)C2C1.C1CCC2CC3C4CCC(C4)C3CC2C1. The number of hydrogen-bond donors (Lipinski definition) is 0. The van der Waals surface area contributed by atoms with Crippen molar-refractivity contribution < 1.29 is 0 Å². The lowest BCUT2D eigenvalue weighted by Gasteiger charge is -2.49. The van der Waals surface area contributed by atoms with E-state index in [2.05, 4.69) is 0 Å². The van der Waals surface area contributed by atoms with Gasteiger partial charge in [-0.25, -0.2) is 0 Å². The van der Waals surface area contributed by atoms with Gasteiger partial charge in [-0.1, -0.05) is 51.4 Å². The highest BCUT2D eigenvalue weighted by molar-refractivity contribution is 5.20. The average Bonchev–Trinajstić information content (AvgIpc) is 1.53. The Labute approximate surface area is 577 Å². The van der Waals surface area contributed by atoms with Gasteiger partial charge in [-0.15, -0.1) is 0 Å². The van der Waals surface area contributed by atoms with Crippen molar-refractivity contribution in [2.45, 2.75) is 308 Å². The van der Waals surface area contributed by atoms with Gasteiger partial charge in [0.05, 0.1) is 0 Å². The van der Waals surface area contributed by atoms with E-state index in [1.807, 2.05) is 0 Å². The van der Waals surface area contributed by atoms with Gasteiger partial charge in [0, 0.05) is 0 Å². The molecule has 30 aliphatic rings. The van der Waals surface area contributed by atoms with E-state index in [0.717, 1.165) is 0 Å². The monoisotopic (exact) mass is 1270 g/mol. The van der Waals surface area contributed by atoms with Crippen LogP contribution >= 0.6 is 0 Å². The molecule has 94 heavy (non-hydrogen) atoms. The molecule has 30 aliphatic carbocycles. The summed E-state index contributed by atoms with van der Waals surface area (Å²) in [5.41, 5.74) is 0. The third kappa shape index (κ3) is 8.70. The number of fused-ring (bicyclic) bond motifs is 65. The summed E-state index contributed by atoms with van der Waals surface area (Å²) < 4.78 is 0. The second-order valence-corrected chi connectivity index (χ2v) is 45.1. The molecule has 0 heteroatoms. The second-order valence-electron chi connectivity index (χ2n) is 45.1. The van der Waals surface area contributed by atoms with Crippen LogP contribution in [0.4, 0.5) is 0 Å². The van der Waals surface area contributed by atoms with Gasteiger partial charge in [0.2, 0.25) is 0 Å². The van der Waals surface area contributed by atoms with Crippen LogP contribution in [0, 0.1) is 272 Å². The minimum absolute atomic E-state index is 1.17. The lowest BCUT2D eigenvalue weighted by molar-refractivity contribution is -0.00279. The van der Waals surface area contributed by atoms with Crippen molar-refractivity contribution >= 4 is 0 Å². The highest BCUT2D eigenvalue weighted by atomic mass is 14.8. The molecule has 0 amide bonds. The lowest BCUT2D eigenvalue weighted by Crippen LogP contribution is -2.42. The second kappa shape index (κ2) is 22.8. The maximum atomic E-state index is 1.70. The zero-order valence-electron chi connectivity index (χ0n) is 60.5. The lowest BCUT2D eigenvalue weighted by atomic mass is 9.56. The van der Waals surface area contributed by atoms with E-state index in [1.54, 1.807) is 308 Å². The van der Waals surface area contributed by atoms with E-state index in [-0.39, 0.29) is 0 Å². The summed E-state index contributed by atoms with van der Waals surface area (Å²) in [5, 5.41) is 0. The Morgan fingerprint density at radius 2 is 0.287 bits per heavy atom. The van der Waals surface area contributed by atoms with Gasteiger partial charge in [0.1, 0.15) is 0 Å². The molecule has 0 heterocycles. The summed E-state index contributed by atoms with van der Waals surface area (Å²) in [6.45, 7) is 0. The standard InChI is InChI=1S/C17H24.C15H22.C15H24.C14H20.C12H18.C11H18.C10H16/c1-2-9-5-8(1)14-12-7-13(15(9)14)17-11-4-3-10(6-11)16(12)17;1-2-10-11(3-1)13-7-12(10)14-8-4-5-9(6-8)15(13)14;1-2-4-11-9-15-13-6-5-12(7-13)14(15)8-10(11)3-1;1-2-8-5-7(1)13-11-6-12(14(8)13)10-4-3-9(10)11;1-2-8-5-7(1)11-9-3-4-10(6-9)12(8)11;1-2-4-11-9-6-5-8(7-9)10(11)3-1;1-2-9-7-4-5-8(6-7)10(9)3-1/h8-17H,1-7H2;8-15H,1-7H2;10-15H,1-9H2;7-14H,1-6H2;7-12H,1-6H2;8-11H,1-7H2;7-10H,1-6H2. The van der Waals surface area contributed by atoms with Gasteiger partial charge < -0.3 is 0 Å². The summed E-state index contributed by atoms with van der Waals surface area (Å²) in [7, 11) is 0. The Kier molecular flexibility index (Phi) is 14.4. The van der Waals surface area contributed by atoms with Crippen molar-refractivity contribution in [2.24, 2.45) is 272 Å². The molecule has 42 atom stereocenters. The fourth-order valence-corrected chi connectivity index (χ4v) is 42.5. The molecule has 42 unspecified atom stereocenters. The van der Waals surface area contributed by atoms with Crippen LogP contribution in [0.5, 0.6) is 0 Å². The summed E-state index contributed by atoms with van der Waals surface area (Å²) >= 11 is 0. The topological polar surface area (TPSA) is 0 Å². The predicted molar refractivity (Wildman–Crippen MR) is 382 cm³/mol. The van der Waals surface area contributed by atoms with E-state index < -0.39 is 0 Å². The zero-order chi connectivity index (χ0) is 60.5. The van der Waals surface area contributed by atoms with Crippen molar-refractivity contribution in [1.29, 1.82) is 0 Å². The smallest absolute Gasteiger partial charge is 0.0321 e. The Balaban J connectivity index is 0.0000000684. The fourth-order valence-electron chi connectivity index (χ4n) is 42.5. The number of hydrogen-bond acceptors (Lipinski definition) is 0. The molecule has 30 rings (SSSR count). The molecule has 0 nitrogen and oxygen atoms in total. The molecule has 518 valence electrons. The van der Waals surface area contributed by atoms with Crippen molar-refractivity contribution in [2.75, 3.05) is 0 Å². The molecular weight excluding hydrogens is 1130 g/mol. The van der Waals surface area contributed by atoms with Crippen molar-refractivity contribution in [3.05, 3.63) is 0 Å². The maximum absolute atomic E-state index is 1.70. The van der Waals surface area contributed by atoms with Gasteiger partial charge in [-0.2, -0.15) is 0 Å². The van der Waals surface area contributed by atoms with E-state index >= 15 is 0 Å². The molecule has 0 spiro atoms. The molecule has 30 saturated carbocycles. The first-order chi connectivity index (χ1) is 46.5. The van der Waals surface area contributed by atoms with E-state index in [9.17, 15) is 0 Å². The van der Waals surface area contributed by atoms with Crippen LogP contribution in [0.1, 0.15) is 308 Å². The van der Waals surface area contributed by atoms with Gasteiger partial charge in [-0.05, 0) is 529 Å². The maximum Gasteiger partial charge on any atom is -0.0321 e. The Morgan fingerprint density at radius 3 is 0.585 bits per heavy atom. The first-order valence-electron chi connectivity index (χ1n) is 46.5. The van der Waals surface area contributed by atoms with Crippen LogP contribution in [0.25, 0.3) is 0 Å². The first kappa shape index (κ1) is 59.4. The molecule has 0 saturated heterocycles. The van der Waals surface area contributed by atoms with Gasteiger partial charge >= 0.3 is 0 Å². The van der Waals surface area contributed by atoms with Crippen molar-refractivity contribution in [1.82, 2.24) is 0 Å². The highest BCUT2D eigenvalue weighted by Crippen LogP contribution is 2.79. The normalized spacial score (nSPS) is 65.1. The van der Waals surface area contributed by atoms with Crippen LogP contribution in [-0.2, 0) is 0 Å². The van der Waals surface area contributed by atoms with Crippen LogP contribution in [-0.4, -0.2) is 0 Å².